The lowest BCUT2D eigenvalue weighted by Crippen LogP contribution is -2.15. The van der Waals surface area contributed by atoms with E-state index >= 15 is 0 Å². The number of hydrogen-bond donors (Lipinski definition) is 1. The van der Waals surface area contributed by atoms with E-state index < -0.39 is 0 Å². The van der Waals surface area contributed by atoms with Gasteiger partial charge in [0.1, 0.15) is 5.75 Å². The third-order valence-corrected chi connectivity index (χ3v) is 3.54. The van der Waals surface area contributed by atoms with E-state index in [0.717, 1.165) is 5.56 Å². The molecular weight excluding hydrogens is 284 g/mol. The first-order chi connectivity index (χ1) is 10.6. The molecule has 0 aliphatic carbocycles. The second-order valence-electron chi connectivity index (χ2n) is 5.08. The number of methoxy groups -OCH3 is 1. The number of carbonyl (C=O) groups is 1. The Balaban J connectivity index is 1.88. The summed E-state index contributed by atoms with van der Waals surface area (Å²) < 4.78 is 8.13. The normalized spacial score (nSPS) is 11.0. The molecule has 1 aromatic carbocycles. The van der Waals surface area contributed by atoms with E-state index in [0.29, 0.717) is 23.1 Å². The van der Waals surface area contributed by atoms with Crippen LogP contribution in [0.2, 0.25) is 0 Å². The zero-order chi connectivity index (χ0) is 15.7. The molecule has 0 unspecified atom stereocenters. The summed E-state index contributed by atoms with van der Waals surface area (Å²) in [5.74, 6) is 0.421. The molecule has 0 aliphatic heterocycles. The molecule has 7 heteroatoms. The van der Waals surface area contributed by atoms with Crippen LogP contribution < -0.4 is 10.3 Å². The van der Waals surface area contributed by atoms with Crippen molar-refractivity contribution in [3.63, 3.8) is 0 Å². The maximum atomic E-state index is 12.4. The first-order valence-corrected chi connectivity index (χ1v) is 6.88. The van der Waals surface area contributed by atoms with Gasteiger partial charge >= 0.3 is 0 Å². The zero-order valence-corrected chi connectivity index (χ0v) is 12.4. The number of aromatic nitrogens is 4. The molecule has 0 saturated heterocycles. The number of fused-ring (bicyclic) bond motifs is 1. The molecule has 0 fully saturated rings. The summed E-state index contributed by atoms with van der Waals surface area (Å²) in [7, 11) is 3.37. The molecule has 22 heavy (non-hydrogen) atoms. The Morgan fingerprint density at radius 1 is 1.41 bits per heavy atom. The number of aryl methyl sites for hydroxylation is 2. The van der Waals surface area contributed by atoms with Gasteiger partial charge in [-0.15, -0.1) is 0 Å². The van der Waals surface area contributed by atoms with Crippen molar-refractivity contribution in [3.8, 4) is 5.75 Å². The molecule has 2 aromatic heterocycles. The molecule has 2 heterocycles. The molecule has 0 spiro atoms. The van der Waals surface area contributed by atoms with Crippen molar-refractivity contribution in [2.24, 2.45) is 7.05 Å². The Labute approximate surface area is 126 Å². The molecule has 0 atom stereocenters. The minimum atomic E-state index is -0.285. The third-order valence-electron chi connectivity index (χ3n) is 3.54. The number of nitrogens with one attached hydrogen (secondary N) is 1. The highest BCUT2D eigenvalue weighted by atomic mass is 16.5. The molecular formula is C15H16N4O3. The first-order valence-electron chi connectivity index (χ1n) is 6.88. The van der Waals surface area contributed by atoms with Crippen LogP contribution in [0.25, 0.3) is 10.9 Å². The predicted molar refractivity (Wildman–Crippen MR) is 81.3 cm³/mol. The lowest BCUT2D eigenvalue weighted by Gasteiger charge is -2.04. The van der Waals surface area contributed by atoms with Crippen LogP contribution in [-0.2, 0) is 13.5 Å². The van der Waals surface area contributed by atoms with Crippen LogP contribution in [0.15, 0.2) is 35.4 Å². The van der Waals surface area contributed by atoms with E-state index in [1.807, 2.05) is 13.2 Å². The van der Waals surface area contributed by atoms with Crippen molar-refractivity contribution in [1.29, 1.82) is 0 Å². The molecule has 7 nitrogen and oxygen atoms in total. The van der Waals surface area contributed by atoms with Gasteiger partial charge in [0, 0.05) is 25.7 Å². The summed E-state index contributed by atoms with van der Waals surface area (Å²) in [6.45, 7) is 0. The van der Waals surface area contributed by atoms with Gasteiger partial charge in [-0.2, -0.15) is 5.10 Å². The van der Waals surface area contributed by atoms with Gasteiger partial charge in [0.05, 0.1) is 24.2 Å². The second kappa shape index (κ2) is 5.51. The first kappa shape index (κ1) is 14.1. The topological polar surface area (TPSA) is 81.9 Å². The number of H-pyrrole nitrogens is 1. The van der Waals surface area contributed by atoms with E-state index in [-0.39, 0.29) is 17.9 Å². The Bertz CT molecular complexity index is 888. The van der Waals surface area contributed by atoms with Gasteiger partial charge in [0.15, 0.2) is 0 Å². The standard InChI is InChI=1S/C15H16N4O3/c1-18-9-10(8-16-18)3-6-14(20)19-13-7-11(22-2)4-5-12(13)15(21)17-19/h4-5,7-9H,3,6H2,1-2H3,(H,17,21). The van der Waals surface area contributed by atoms with Gasteiger partial charge in [-0.3, -0.25) is 19.4 Å². The van der Waals surface area contributed by atoms with Crippen molar-refractivity contribution in [2.75, 3.05) is 7.11 Å². The van der Waals surface area contributed by atoms with Crippen molar-refractivity contribution >= 4 is 16.8 Å². The fourth-order valence-electron chi connectivity index (χ4n) is 2.40. The van der Waals surface area contributed by atoms with Crippen LogP contribution >= 0.6 is 0 Å². The predicted octanol–water partition coefficient (Wildman–Crippen LogP) is 1.34. The summed E-state index contributed by atoms with van der Waals surface area (Å²) in [5, 5.41) is 7.12. The number of ether oxygens (including phenoxy) is 1. The Morgan fingerprint density at radius 3 is 2.91 bits per heavy atom. The molecule has 0 aliphatic rings. The number of rotatable bonds is 4. The van der Waals surface area contributed by atoms with Crippen molar-refractivity contribution in [3.05, 3.63) is 46.5 Å². The van der Waals surface area contributed by atoms with Crippen LogP contribution in [-0.4, -0.2) is 32.6 Å². The highest BCUT2D eigenvalue weighted by Crippen LogP contribution is 2.18. The average molecular weight is 300 g/mol. The molecule has 3 rings (SSSR count). The second-order valence-corrected chi connectivity index (χ2v) is 5.08. The van der Waals surface area contributed by atoms with Crippen molar-refractivity contribution < 1.29 is 9.53 Å². The average Bonchev–Trinajstić information content (AvgIpc) is 3.08. The summed E-state index contributed by atoms with van der Waals surface area (Å²) in [4.78, 5) is 24.3. The number of benzene rings is 1. The van der Waals surface area contributed by atoms with E-state index in [1.165, 1.54) is 4.68 Å². The van der Waals surface area contributed by atoms with E-state index in [1.54, 1.807) is 36.2 Å². The van der Waals surface area contributed by atoms with Crippen molar-refractivity contribution in [1.82, 2.24) is 19.6 Å². The van der Waals surface area contributed by atoms with Gasteiger partial charge in [-0.25, -0.2) is 4.68 Å². The quantitative estimate of drug-likeness (QED) is 0.788. The van der Waals surface area contributed by atoms with Crippen LogP contribution in [0.4, 0.5) is 0 Å². The highest BCUT2D eigenvalue weighted by molar-refractivity contribution is 5.91. The smallest absolute Gasteiger partial charge is 0.272 e. The van der Waals surface area contributed by atoms with Gasteiger partial charge in [0.25, 0.3) is 5.56 Å². The number of hydrogen-bond acceptors (Lipinski definition) is 4. The van der Waals surface area contributed by atoms with Gasteiger partial charge in [0.2, 0.25) is 5.91 Å². The molecule has 0 bridgehead atoms. The van der Waals surface area contributed by atoms with Crippen LogP contribution in [0.1, 0.15) is 16.8 Å². The lowest BCUT2D eigenvalue weighted by molar-refractivity contribution is 0.0892. The van der Waals surface area contributed by atoms with Gasteiger partial charge in [-0.05, 0) is 24.1 Å². The Kier molecular flexibility index (Phi) is 3.54. The Hall–Kier alpha value is -2.83. The molecule has 0 radical (unpaired) electrons. The summed E-state index contributed by atoms with van der Waals surface area (Å²) >= 11 is 0. The van der Waals surface area contributed by atoms with Crippen molar-refractivity contribution in [2.45, 2.75) is 12.8 Å². The molecule has 0 saturated carbocycles. The highest BCUT2D eigenvalue weighted by Gasteiger charge is 2.14. The molecule has 0 amide bonds. The molecule has 1 N–H and O–H groups in total. The van der Waals surface area contributed by atoms with Gasteiger partial charge in [-0.1, -0.05) is 0 Å². The van der Waals surface area contributed by atoms with E-state index in [2.05, 4.69) is 10.2 Å². The Morgan fingerprint density at radius 2 is 2.23 bits per heavy atom. The SMILES string of the molecule is COc1ccc2c(=O)[nH]n(C(=O)CCc3cnn(C)c3)c2c1. The summed E-state index contributed by atoms with van der Waals surface area (Å²) in [5.41, 5.74) is 1.22. The largest absolute Gasteiger partial charge is 0.497 e. The van der Waals surface area contributed by atoms with Crippen LogP contribution in [0.5, 0.6) is 5.75 Å². The van der Waals surface area contributed by atoms with Crippen LogP contribution in [0, 0.1) is 0 Å². The lowest BCUT2D eigenvalue weighted by atomic mass is 10.2. The molecule has 114 valence electrons. The maximum absolute atomic E-state index is 12.4. The zero-order valence-electron chi connectivity index (χ0n) is 12.4. The van der Waals surface area contributed by atoms with E-state index in [4.69, 9.17) is 4.74 Å². The number of nitrogens with zero attached hydrogens (tertiary/aromatic N) is 3. The number of aromatic amines is 1. The molecule has 3 aromatic rings. The summed E-state index contributed by atoms with van der Waals surface area (Å²) in [6, 6.07) is 5.02. The summed E-state index contributed by atoms with van der Waals surface area (Å²) in [6.07, 6.45) is 4.45. The minimum Gasteiger partial charge on any atom is -0.497 e. The maximum Gasteiger partial charge on any atom is 0.272 e. The fourth-order valence-corrected chi connectivity index (χ4v) is 2.40. The van der Waals surface area contributed by atoms with Crippen LogP contribution in [0.3, 0.4) is 0 Å². The van der Waals surface area contributed by atoms with E-state index in [9.17, 15) is 9.59 Å². The number of carbonyl (C=O) groups excluding carboxylic acids is 1. The monoisotopic (exact) mass is 300 g/mol. The van der Waals surface area contributed by atoms with Gasteiger partial charge < -0.3 is 4.74 Å². The fraction of sp³-hybridized carbons (Fsp3) is 0.267. The minimum absolute atomic E-state index is 0.177. The third kappa shape index (κ3) is 2.52.